The van der Waals surface area contributed by atoms with E-state index in [1.54, 1.807) is 18.2 Å². The minimum atomic E-state index is -4.71. The maximum absolute atomic E-state index is 13.1. The average molecular weight is 531 g/mol. The Kier molecular flexibility index (Phi) is 9.41. The second-order valence-corrected chi connectivity index (χ2v) is 10.9. The summed E-state index contributed by atoms with van der Waals surface area (Å²) >= 11 is 0. The number of carbonyl (C=O) groups is 2. The van der Waals surface area contributed by atoms with Crippen molar-refractivity contribution in [2.45, 2.75) is 77.2 Å². The number of alkyl halides is 3. The number of hydrogen-bond donors (Lipinski definition) is 1. The van der Waals surface area contributed by atoms with Crippen molar-refractivity contribution in [3.8, 4) is 5.75 Å². The summed E-state index contributed by atoms with van der Waals surface area (Å²) < 4.78 is 41.2. The van der Waals surface area contributed by atoms with Gasteiger partial charge in [0.2, 0.25) is 5.91 Å². The number of amides is 1. The first kappa shape index (κ1) is 29.4. The fourth-order valence-electron chi connectivity index (χ4n) is 4.91. The summed E-state index contributed by atoms with van der Waals surface area (Å²) in [7, 11) is 1.95. The van der Waals surface area contributed by atoms with Gasteiger partial charge in [-0.1, -0.05) is 57.2 Å². The van der Waals surface area contributed by atoms with Gasteiger partial charge in [-0.05, 0) is 78.6 Å². The Morgan fingerprint density at radius 2 is 1.63 bits per heavy atom. The molecule has 1 heterocycles. The van der Waals surface area contributed by atoms with Crippen molar-refractivity contribution in [2.24, 2.45) is 0 Å². The number of rotatable bonds is 9. The predicted octanol–water partition coefficient (Wildman–Crippen LogP) is 6.28. The summed E-state index contributed by atoms with van der Waals surface area (Å²) in [6.07, 6.45) is -0.389. The number of carbonyl (C=O) groups excluding carboxylic acids is 2. The van der Waals surface area contributed by atoms with Crippen molar-refractivity contribution in [1.82, 2.24) is 10.2 Å². The molecule has 206 valence electrons. The van der Waals surface area contributed by atoms with Crippen molar-refractivity contribution in [3.05, 3.63) is 76.9 Å². The molecule has 8 heteroatoms. The van der Waals surface area contributed by atoms with Gasteiger partial charge in [-0.2, -0.15) is 0 Å². The van der Waals surface area contributed by atoms with Crippen LogP contribution in [0.5, 0.6) is 5.75 Å². The van der Waals surface area contributed by atoms with Crippen LogP contribution in [0, 0.1) is 0 Å². The fourth-order valence-corrected chi connectivity index (χ4v) is 4.91. The van der Waals surface area contributed by atoms with Crippen molar-refractivity contribution in [2.75, 3.05) is 13.6 Å². The highest BCUT2D eigenvalue weighted by Gasteiger charge is 2.35. The van der Waals surface area contributed by atoms with Crippen LogP contribution in [0.3, 0.4) is 0 Å². The smallest absolute Gasteiger partial charge is 0.406 e. The van der Waals surface area contributed by atoms with Gasteiger partial charge in [0.1, 0.15) is 5.75 Å². The normalized spacial score (nSPS) is 18.7. The van der Waals surface area contributed by atoms with Crippen LogP contribution < -0.4 is 10.1 Å². The van der Waals surface area contributed by atoms with Crippen LogP contribution in [-0.2, 0) is 21.4 Å². The molecule has 5 nitrogen and oxygen atoms in total. The first-order chi connectivity index (χ1) is 17.7. The molecule has 1 aliphatic heterocycles. The molecule has 1 aliphatic rings. The van der Waals surface area contributed by atoms with E-state index in [2.05, 4.69) is 60.0 Å². The predicted molar refractivity (Wildman–Crippen MR) is 142 cm³/mol. The number of benzene rings is 2. The molecule has 38 heavy (non-hydrogen) atoms. The molecule has 0 bridgehead atoms. The van der Waals surface area contributed by atoms with Crippen molar-refractivity contribution in [1.29, 1.82) is 0 Å². The second kappa shape index (κ2) is 12.2. The molecular weight excluding hydrogens is 493 g/mol. The number of ketones is 1. The molecule has 0 aliphatic carbocycles. The van der Waals surface area contributed by atoms with Crippen molar-refractivity contribution < 1.29 is 27.5 Å². The third-order valence-electron chi connectivity index (χ3n) is 6.88. The van der Waals surface area contributed by atoms with Gasteiger partial charge in [-0.3, -0.25) is 14.5 Å². The Hall–Kier alpha value is -3.13. The number of halogens is 3. The summed E-state index contributed by atoms with van der Waals surface area (Å²) in [6.45, 7) is 8.37. The van der Waals surface area contributed by atoms with E-state index in [-0.39, 0.29) is 34.9 Å². The second-order valence-electron chi connectivity index (χ2n) is 10.9. The minimum Gasteiger partial charge on any atom is -0.406 e. The van der Waals surface area contributed by atoms with E-state index in [0.29, 0.717) is 25.8 Å². The lowest BCUT2D eigenvalue weighted by Crippen LogP contribution is -2.46. The van der Waals surface area contributed by atoms with E-state index in [1.165, 1.54) is 24.6 Å². The Bertz CT molecular complexity index is 1130. The van der Waals surface area contributed by atoms with Crippen molar-refractivity contribution in [3.63, 3.8) is 0 Å². The van der Waals surface area contributed by atoms with Crippen LogP contribution in [0.1, 0.15) is 69.7 Å². The summed E-state index contributed by atoms with van der Waals surface area (Å²) in [4.78, 5) is 26.5. The topological polar surface area (TPSA) is 58.6 Å². The molecule has 0 saturated heterocycles. The standard InChI is InChI=1S/C30H37F3N2O3/c1-20(36)34-18-17-26-27(37)19-23(8-6-7-21-9-15-25(16-10-21)38-30(31,32)33)28(35(26)5)22-11-13-24(14-12-22)29(2,3)4/h9-16,19,26,28H,6-8,17-18H2,1-5H3,(H,34,36)/t26-,28?/m0/s1. The molecule has 2 atom stereocenters. The van der Waals surface area contributed by atoms with E-state index in [9.17, 15) is 22.8 Å². The lowest BCUT2D eigenvalue weighted by molar-refractivity contribution is -0.274. The average Bonchev–Trinajstić information content (AvgIpc) is 2.81. The van der Waals surface area contributed by atoms with Gasteiger partial charge in [0, 0.05) is 13.5 Å². The number of ether oxygens (including phenoxy) is 1. The van der Waals surface area contributed by atoms with E-state index in [0.717, 1.165) is 23.1 Å². The molecule has 0 fully saturated rings. The zero-order chi connectivity index (χ0) is 28.1. The third-order valence-corrected chi connectivity index (χ3v) is 6.88. The van der Waals surface area contributed by atoms with Crippen LogP contribution in [-0.4, -0.2) is 42.6 Å². The number of hydrogen-bond acceptors (Lipinski definition) is 4. The zero-order valence-corrected chi connectivity index (χ0v) is 22.7. The van der Waals surface area contributed by atoms with Gasteiger partial charge in [0.15, 0.2) is 5.78 Å². The largest absolute Gasteiger partial charge is 0.573 e. The fraction of sp³-hybridized carbons (Fsp3) is 0.467. The van der Waals surface area contributed by atoms with Crippen molar-refractivity contribution >= 4 is 11.7 Å². The summed E-state index contributed by atoms with van der Waals surface area (Å²) in [6, 6.07) is 14.0. The van der Waals surface area contributed by atoms with E-state index < -0.39 is 6.36 Å². The SMILES string of the molecule is CC(=O)NCC[C@H]1C(=O)C=C(CCCc2ccc(OC(F)(F)F)cc2)C(c2ccc(C(C)(C)C)cc2)N1C. The van der Waals surface area contributed by atoms with E-state index >= 15 is 0 Å². The van der Waals surface area contributed by atoms with Crippen LogP contribution in [0.25, 0.3) is 0 Å². The number of nitrogens with zero attached hydrogens (tertiary/aromatic N) is 1. The Balaban J connectivity index is 1.77. The molecule has 0 saturated carbocycles. The maximum atomic E-state index is 13.1. The van der Waals surface area contributed by atoms with Gasteiger partial charge in [-0.25, -0.2) is 0 Å². The minimum absolute atomic E-state index is 0.0177. The first-order valence-corrected chi connectivity index (χ1v) is 12.9. The molecule has 0 radical (unpaired) electrons. The number of nitrogens with one attached hydrogen (secondary N) is 1. The Morgan fingerprint density at radius 1 is 1.00 bits per heavy atom. The van der Waals surface area contributed by atoms with Gasteiger partial charge in [-0.15, -0.1) is 13.2 Å². The van der Waals surface area contributed by atoms with E-state index in [4.69, 9.17) is 0 Å². The van der Waals surface area contributed by atoms with Crippen LogP contribution in [0.15, 0.2) is 60.2 Å². The number of aryl methyl sites for hydroxylation is 1. The molecular formula is C30H37F3N2O3. The third kappa shape index (κ3) is 8.18. The molecule has 2 aromatic rings. The highest BCUT2D eigenvalue weighted by molar-refractivity contribution is 5.96. The van der Waals surface area contributed by atoms with Crippen LogP contribution >= 0.6 is 0 Å². The molecule has 2 aromatic carbocycles. The zero-order valence-electron chi connectivity index (χ0n) is 22.7. The summed E-state index contributed by atoms with van der Waals surface area (Å²) in [5.74, 6) is -0.351. The van der Waals surface area contributed by atoms with Gasteiger partial charge in [0.25, 0.3) is 0 Å². The molecule has 0 spiro atoms. The lowest BCUT2D eigenvalue weighted by Gasteiger charge is -2.39. The molecule has 0 aromatic heterocycles. The maximum Gasteiger partial charge on any atom is 0.573 e. The van der Waals surface area contributed by atoms with Gasteiger partial charge in [0.05, 0.1) is 12.1 Å². The van der Waals surface area contributed by atoms with Crippen LogP contribution in [0.4, 0.5) is 13.2 Å². The monoisotopic (exact) mass is 530 g/mol. The molecule has 1 unspecified atom stereocenters. The summed E-state index contributed by atoms with van der Waals surface area (Å²) in [5, 5.41) is 2.78. The highest BCUT2D eigenvalue weighted by Crippen LogP contribution is 2.37. The Labute approximate surface area is 223 Å². The molecule has 1 amide bonds. The molecule has 3 rings (SSSR count). The van der Waals surface area contributed by atoms with Gasteiger partial charge < -0.3 is 10.1 Å². The molecule has 1 N–H and O–H groups in total. The van der Waals surface area contributed by atoms with Crippen LogP contribution in [0.2, 0.25) is 0 Å². The summed E-state index contributed by atoms with van der Waals surface area (Å²) in [5.41, 5.74) is 4.25. The van der Waals surface area contributed by atoms with Gasteiger partial charge >= 0.3 is 6.36 Å². The number of likely N-dealkylation sites (N-methyl/N-ethyl adjacent to an activating group) is 1. The highest BCUT2D eigenvalue weighted by atomic mass is 19.4. The van der Waals surface area contributed by atoms with E-state index in [1.807, 2.05) is 7.05 Å². The quantitative estimate of drug-likeness (QED) is 0.415. The first-order valence-electron chi connectivity index (χ1n) is 12.9. The Morgan fingerprint density at radius 3 is 2.18 bits per heavy atom. The lowest BCUT2D eigenvalue weighted by atomic mass is 9.83.